The molecule has 1 nitrogen and oxygen atoms in total. The fraction of sp³-hybridized carbons (Fsp3) is 0.125. The second-order valence-electron chi connectivity index (χ2n) is 3.98. The maximum atomic E-state index is 13.5. The molecule has 0 fully saturated rings. The third kappa shape index (κ3) is 3.83. The van der Waals surface area contributed by atoms with Gasteiger partial charge in [0.15, 0.2) is 0 Å². The van der Waals surface area contributed by atoms with Gasteiger partial charge in [-0.1, -0.05) is 30.0 Å². The lowest BCUT2D eigenvalue weighted by atomic mass is 10.1. The van der Waals surface area contributed by atoms with Crippen molar-refractivity contribution in [2.75, 3.05) is 6.61 Å². The van der Waals surface area contributed by atoms with Crippen LogP contribution in [0.4, 0.5) is 8.78 Å². The van der Waals surface area contributed by atoms with E-state index in [9.17, 15) is 8.78 Å². The van der Waals surface area contributed by atoms with Crippen molar-refractivity contribution in [2.45, 2.75) is 10.6 Å². The van der Waals surface area contributed by atoms with Gasteiger partial charge >= 0.3 is 0 Å². The maximum absolute atomic E-state index is 13.5. The van der Waals surface area contributed by atoms with Crippen LogP contribution in [0.25, 0.3) is 0 Å². The molecule has 0 amide bonds. The van der Waals surface area contributed by atoms with Gasteiger partial charge in [-0.2, -0.15) is 0 Å². The van der Waals surface area contributed by atoms with E-state index in [4.69, 9.17) is 5.11 Å². The molecule has 0 heterocycles. The lowest BCUT2D eigenvalue weighted by Gasteiger charge is -2.05. The molecule has 2 aromatic carbocycles. The van der Waals surface area contributed by atoms with Crippen molar-refractivity contribution < 1.29 is 13.9 Å². The van der Waals surface area contributed by atoms with Crippen LogP contribution in [0.1, 0.15) is 11.1 Å². The first-order valence-electron chi connectivity index (χ1n) is 5.96. The average Bonchev–Trinajstić information content (AvgIpc) is 2.45. The van der Waals surface area contributed by atoms with Gasteiger partial charge in [-0.15, -0.1) is 11.8 Å². The van der Waals surface area contributed by atoms with Crippen molar-refractivity contribution in [1.82, 2.24) is 0 Å². The Labute approximate surface area is 120 Å². The Morgan fingerprint density at radius 1 is 1.10 bits per heavy atom. The number of hydrogen-bond acceptors (Lipinski definition) is 2. The van der Waals surface area contributed by atoms with Crippen molar-refractivity contribution in [3.8, 4) is 11.8 Å². The number of aliphatic hydroxyl groups is 1. The van der Waals surface area contributed by atoms with E-state index in [0.717, 1.165) is 17.2 Å². The molecule has 0 unspecified atom stereocenters. The molecular weight excluding hydrogens is 278 g/mol. The van der Waals surface area contributed by atoms with Crippen LogP contribution in [-0.4, -0.2) is 11.7 Å². The summed E-state index contributed by atoms with van der Waals surface area (Å²) in [5.41, 5.74) is 1.75. The zero-order chi connectivity index (χ0) is 14.4. The van der Waals surface area contributed by atoms with Crippen molar-refractivity contribution in [1.29, 1.82) is 0 Å². The number of thioether (sulfide) groups is 1. The predicted octanol–water partition coefficient (Wildman–Crippen LogP) is 3.60. The van der Waals surface area contributed by atoms with E-state index in [1.54, 1.807) is 0 Å². The van der Waals surface area contributed by atoms with E-state index in [1.165, 1.54) is 23.9 Å². The molecule has 20 heavy (non-hydrogen) atoms. The number of halogens is 2. The minimum atomic E-state index is -0.582. The second kappa shape index (κ2) is 7.09. The Morgan fingerprint density at radius 2 is 1.90 bits per heavy atom. The van der Waals surface area contributed by atoms with Crippen LogP contribution >= 0.6 is 11.8 Å². The SMILES string of the molecule is OCC#Cc1ccccc1CSc1ccc(F)cc1F. The van der Waals surface area contributed by atoms with Gasteiger partial charge in [0.25, 0.3) is 0 Å². The molecular formula is C16H12F2OS. The summed E-state index contributed by atoms with van der Waals surface area (Å²) in [6.07, 6.45) is 0. The molecule has 0 aliphatic rings. The second-order valence-corrected chi connectivity index (χ2v) is 5.00. The van der Waals surface area contributed by atoms with Gasteiger partial charge in [-0.3, -0.25) is 0 Å². The number of benzene rings is 2. The zero-order valence-electron chi connectivity index (χ0n) is 10.6. The van der Waals surface area contributed by atoms with E-state index >= 15 is 0 Å². The van der Waals surface area contributed by atoms with Crippen LogP contribution in [-0.2, 0) is 5.75 Å². The molecule has 0 radical (unpaired) electrons. The lowest BCUT2D eigenvalue weighted by Crippen LogP contribution is -1.89. The van der Waals surface area contributed by atoms with Crippen molar-refractivity contribution >= 4 is 11.8 Å². The molecule has 0 aliphatic carbocycles. The molecule has 0 atom stereocenters. The number of hydrogen-bond donors (Lipinski definition) is 1. The van der Waals surface area contributed by atoms with Gasteiger partial charge in [0, 0.05) is 22.3 Å². The van der Waals surface area contributed by atoms with Gasteiger partial charge in [0.2, 0.25) is 0 Å². The third-order valence-electron chi connectivity index (χ3n) is 2.60. The fourth-order valence-electron chi connectivity index (χ4n) is 1.65. The summed E-state index contributed by atoms with van der Waals surface area (Å²) in [4.78, 5) is 0.399. The number of aliphatic hydroxyl groups excluding tert-OH is 1. The number of rotatable bonds is 3. The normalized spacial score (nSPS) is 9.95. The highest BCUT2D eigenvalue weighted by atomic mass is 32.2. The first-order valence-corrected chi connectivity index (χ1v) is 6.95. The minimum Gasteiger partial charge on any atom is -0.384 e. The van der Waals surface area contributed by atoms with Crippen LogP contribution in [0, 0.1) is 23.5 Å². The van der Waals surface area contributed by atoms with Crippen LogP contribution in [0.15, 0.2) is 47.4 Å². The molecule has 0 saturated carbocycles. The molecule has 2 rings (SSSR count). The third-order valence-corrected chi connectivity index (χ3v) is 3.69. The van der Waals surface area contributed by atoms with Crippen molar-refractivity contribution in [3.63, 3.8) is 0 Å². The highest BCUT2D eigenvalue weighted by molar-refractivity contribution is 7.98. The highest BCUT2D eigenvalue weighted by Gasteiger charge is 2.06. The summed E-state index contributed by atoms with van der Waals surface area (Å²) in [6, 6.07) is 11.0. The van der Waals surface area contributed by atoms with Gasteiger partial charge in [-0.05, 0) is 23.8 Å². The Balaban J connectivity index is 2.14. The van der Waals surface area contributed by atoms with Gasteiger partial charge in [0.1, 0.15) is 18.2 Å². The predicted molar refractivity (Wildman–Crippen MR) is 76.3 cm³/mol. The molecule has 1 N–H and O–H groups in total. The van der Waals surface area contributed by atoms with E-state index in [1.807, 2.05) is 24.3 Å². The summed E-state index contributed by atoms with van der Waals surface area (Å²) in [6.45, 7) is -0.200. The molecule has 4 heteroatoms. The molecule has 0 aliphatic heterocycles. The molecule has 102 valence electrons. The van der Waals surface area contributed by atoms with E-state index in [2.05, 4.69) is 11.8 Å². The van der Waals surface area contributed by atoms with Crippen molar-refractivity contribution in [2.24, 2.45) is 0 Å². The Bertz CT molecular complexity index is 659. The Kier molecular flexibility index (Phi) is 5.16. The van der Waals surface area contributed by atoms with Crippen LogP contribution in [0.2, 0.25) is 0 Å². The van der Waals surface area contributed by atoms with Crippen LogP contribution in [0.3, 0.4) is 0 Å². The smallest absolute Gasteiger partial charge is 0.139 e. The summed E-state index contributed by atoms with van der Waals surface area (Å²) in [7, 11) is 0. The lowest BCUT2D eigenvalue weighted by molar-refractivity contribution is 0.350. The van der Waals surface area contributed by atoms with E-state index in [-0.39, 0.29) is 6.61 Å². The van der Waals surface area contributed by atoms with Crippen LogP contribution < -0.4 is 0 Å². The quantitative estimate of drug-likeness (QED) is 0.688. The fourth-order valence-corrected chi connectivity index (χ4v) is 2.57. The molecule has 0 spiro atoms. The Hall–Kier alpha value is -1.83. The van der Waals surface area contributed by atoms with Gasteiger partial charge in [-0.25, -0.2) is 8.78 Å². The van der Waals surface area contributed by atoms with Crippen LogP contribution in [0.5, 0.6) is 0 Å². The minimum absolute atomic E-state index is 0.200. The molecule has 0 aromatic heterocycles. The van der Waals surface area contributed by atoms with E-state index < -0.39 is 11.6 Å². The summed E-state index contributed by atoms with van der Waals surface area (Å²) in [5.74, 6) is 4.83. The first kappa shape index (κ1) is 14.6. The van der Waals surface area contributed by atoms with Crippen molar-refractivity contribution in [3.05, 3.63) is 65.2 Å². The van der Waals surface area contributed by atoms with Gasteiger partial charge < -0.3 is 5.11 Å². The summed E-state index contributed by atoms with van der Waals surface area (Å²) in [5, 5.41) is 8.72. The van der Waals surface area contributed by atoms with E-state index in [0.29, 0.717) is 10.6 Å². The largest absolute Gasteiger partial charge is 0.384 e. The molecule has 2 aromatic rings. The highest BCUT2D eigenvalue weighted by Crippen LogP contribution is 2.27. The first-order chi connectivity index (χ1) is 9.70. The molecule has 0 saturated heterocycles. The zero-order valence-corrected chi connectivity index (χ0v) is 11.4. The molecule has 0 bridgehead atoms. The maximum Gasteiger partial charge on any atom is 0.139 e. The summed E-state index contributed by atoms with van der Waals surface area (Å²) >= 11 is 1.28. The topological polar surface area (TPSA) is 20.2 Å². The standard InChI is InChI=1S/C16H12F2OS/c17-14-7-8-16(15(18)10-14)20-11-13-5-2-1-4-12(13)6-3-9-19/h1-2,4-5,7-8,10,19H,9,11H2. The van der Waals surface area contributed by atoms with Gasteiger partial charge in [0.05, 0.1) is 0 Å². The Morgan fingerprint density at radius 3 is 2.65 bits per heavy atom. The monoisotopic (exact) mass is 290 g/mol. The average molecular weight is 290 g/mol. The summed E-state index contributed by atoms with van der Waals surface area (Å²) < 4.78 is 26.4.